The van der Waals surface area contributed by atoms with Gasteiger partial charge in [0.1, 0.15) is 5.75 Å². The molecule has 6 nitrogen and oxygen atoms in total. The molecule has 2 aromatic rings. The number of methoxy groups -OCH3 is 1. The molecule has 160 valence electrons. The third-order valence-corrected chi connectivity index (χ3v) is 5.54. The number of likely N-dealkylation sites (tertiary alicyclic amines) is 1. The summed E-state index contributed by atoms with van der Waals surface area (Å²) in [6, 6.07) is 17.4. The summed E-state index contributed by atoms with van der Waals surface area (Å²) >= 11 is 0. The van der Waals surface area contributed by atoms with Gasteiger partial charge in [-0.25, -0.2) is 0 Å². The van der Waals surface area contributed by atoms with Crippen LogP contribution >= 0.6 is 0 Å². The van der Waals surface area contributed by atoms with Crippen molar-refractivity contribution in [1.29, 1.82) is 0 Å². The number of hydrogen-bond acceptors (Lipinski definition) is 4. The fraction of sp³-hybridized carbons (Fsp3) is 0.417. The Morgan fingerprint density at radius 3 is 2.27 bits per heavy atom. The van der Waals surface area contributed by atoms with Crippen molar-refractivity contribution in [1.82, 2.24) is 15.5 Å². The van der Waals surface area contributed by atoms with Gasteiger partial charge in [-0.15, -0.1) is 0 Å². The van der Waals surface area contributed by atoms with E-state index in [-0.39, 0.29) is 30.3 Å². The van der Waals surface area contributed by atoms with Crippen molar-refractivity contribution in [2.24, 2.45) is 0 Å². The largest absolute Gasteiger partial charge is 0.497 e. The van der Waals surface area contributed by atoms with Crippen molar-refractivity contribution in [2.45, 2.75) is 38.3 Å². The lowest BCUT2D eigenvalue weighted by Crippen LogP contribution is -2.38. The van der Waals surface area contributed by atoms with Crippen molar-refractivity contribution < 1.29 is 14.3 Å². The number of amides is 2. The van der Waals surface area contributed by atoms with E-state index in [9.17, 15) is 9.59 Å². The van der Waals surface area contributed by atoms with E-state index >= 15 is 0 Å². The zero-order chi connectivity index (χ0) is 21.3. The predicted octanol–water partition coefficient (Wildman–Crippen LogP) is 3.22. The van der Waals surface area contributed by atoms with Crippen molar-refractivity contribution in [3.8, 4) is 5.75 Å². The molecule has 1 fully saturated rings. The molecular formula is C24H31N3O3. The molecule has 2 atom stereocenters. The number of nitrogens with one attached hydrogen (secondary N) is 2. The summed E-state index contributed by atoms with van der Waals surface area (Å²) in [5, 5.41) is 5.99. The van der Waals surface area contributed by atoms with E-state index in [2.05, 4.69) is 27.7 Å². The molecule has 1 saturated heterocycles. The van der Waals surface area contributed by atoms with Gasteiger partial charge in [-0.3, -0.25) is 14.5 Å². The molecule has 0 saturated carbocycles. The zero-order valence-corrected chi connectivity index (χ0v) is 17.8. The average Bonchev–Trinajstić information content (AvgIpc) is 3.29. The number of ether oxygens (including phenoxy) is 1. The van der Waals surface area contributed by atoms with E-state index in [0.29, 0.717) is 6.54 Å². The third-order valence-electron chi connectivity index (χ3n) is 5.54. The molecule has 1 heterocycles. The normalized spacial score (nSPS) is 15.9. The lowest BCUT2D eigenvalue weighted by atomic mass is 10.0. The molecule has 2 N–H and O–H groups in total. The quantitative estimate of drug-likeness (QED) is 0.667. The Labute approximate surface area is 178 Å². The summed E-state index contributed by atoms with van der Waals surface area (Å²) in [5.41, 5.74) is 2.09. The summed E-state index contributed by atoms with van der Waals surface area (Å²) in [4.78, 5) is 26.8. The van der Waals surface area contributed by atoms with Crippen LogP contribution in [0.2, 0.25) is 0 Å². The van der Waals surface area contributed by atoms with Gasteiger partial charge in [-0.2, -0.15) is 0 Å². The number of rotatable bonds is 9. The summed E-state index contributed by atoms with van der Waals surface area (Å²) < 4.78 is 5.27. The van der Waals surface area contributed by atoms with Crippen LogP contribution in [0.1, 0.15) is 49.4 Å². The molecule has 0 radical (unpaired) electrons. The highest BCUT2D eigenvalue weighted by Crippen LogP contribution is 2.26. The third kappa shape index (κ3) is 6.07. The van der Waals surface area contributed by atoms with Crippen LogP contribution in [0, 0.1) is 0 Å². The summed E-state index contributed by atoms with van der Waals surface area (Å²) in [6.45, 7) is 4.07. The van der Waals surface area contributed by atoms with Gasteiger partial charge < -0.3 is 15.4 Å². The lowest BCUT2D eigenvalue weighted by molar-refractivity contribution is -0.123. The molecule has 0 aliphatic carbocycles. The molecule has 2 amide bonds. The van der Waals surface area contributed by atoms with Crippen LogP contribution in [0.25, 0.3) is 0 Å². The Morgan fingerprint density at radius 2 is 1.67 bits per heavy atom. The van der Waals surface area contributed by atoms with Gasteiger partial charge in [0.15, 0.2) is 0 Å². The molecular weight excluding hydrogens is 378 g/mol. The predicted molar refractivity (Wildman–Crippen MR) is 117 cm³/mol. The highest BCUT2D eigenvalue weighted by atomic mass is 16.5. The van der Waals surface area contributed by atoms with Gasteiger partial charge in [-0.1, -0.05) is 42.5 Å². The second-order valence-corrected chi connectivity index (χ2v) is 7.70. The SMILES string of the molecule is COc1ccc([C@H](CNC(=O)C[C@H](NC(C)=O)c2ccccc2)N2CCCC2)cc1. The summed E-state index contributed by atoms with van der Waals surface area (Å²) in [7, 11) is 1.66. The smallest absolute Gasteiger partial charge is 0.222 e. The topological polar surface area (TPSA) is 70.7 Å². The Hall–Kier alpha value is -2.86. The fourth-order valence-electron chi connectivity index (χ4n) is 3.99. The van der Waals surface area contributed by atoms with E-state index in [1.165, 1.54) is 25.3 Å². The van der Waals surface area contributed by atoms with Crippen LogP contribution in [0.15, 0.2) is 54.6 Å². The Kier molecular flexibility index (Phi) is 7.85. The first-order chi connectivity index (χ1) is 14.6. The first-order valence-corrected chi connectivity index (χ1v) is 10.5. The molecule has 0 unspecified atom stereocenters. The molecule has 30 heavy (non-hydrogen) atoms. The molecule has 0 bridgehead atoms. The van der Waals surface area contributed by atoms with Gasteiger partial charge in [-0.05, 0) is 49.2 Å². The van der Waals surface area contributed by atoms with Gasteiger partial charge in [0.05, 0.1) is 25.6 Å². The van der Waals surface area contributed by atoms with Gasteiger partial charge in [0.25, 0.3) is 0 Å². The summed E-state index contributed by atoms with van der Waals surface area (Å²) in [6.07, 6.45) is 2.57. The van der Waals surface area contributed by atoms with Gasteiger partial charge in [0, 0.05) is 13.5 Å². The molecule has 1 aliphatic heterocycles. The fourth-order valence-corrected chi connectivity index (χ4v) is 3.99. The van der Waals surface area contributed by atoms with Crippen LogP contribution in [-0.4, -0.2) is 43.5 Å². The lowest BCUT2D eigenvalue weighted by Gasteiger charge is -2.28. The Morgan fingerprint density at radius 1 is 1.00 bits per heavy atom. The first kappa shape index (κ1) is 21.8. The maximum atomic E-state index is 12.8. The number of hydrogen-bond donors (Lipinski definition) is 2. The molecule has 2 aromatic carbocycles. The highest BCUT2D eigenvalue weighted by molar-refractivity contribution is 5.79. The number of benzene rings is 2. The second kappa shape index (κ2) is 10.8. The Bertz CT molecular complexity index is 817. The molecule has 1 aliphatic rings. The van der Waals surface area contributed by atoms with Crippen molar-refractivity contribution in [3.63, 3.8) is 0 Å². The summed E-state index contributed by atoms with van der Waals surface area (Å²) in [5.74, 6) is 0.601. The molecule has 3 rings (SSSR count). The van der Waals surface area contributed by atoms with E-state index in [0.717, 1.165) is 24.4 Å². The maximum absolute atomic E-state index is 12.8. The minimum Gasteiger partial charge on any atom is -0.497 e. The highest BCUT2D eigenvalue weighted by Gasteiger charge is 2.25. The second-order valence-electron chi connectivity index (χ2n) is 7.70. The van der Waals surface area contributed by atoms with Gasteiger partial charge >= 0.3 is 0 Å². The number of carbonyl (C=O) groups excluding carboxylic acids is 2. The number of carbonyl (C=O) groups is 2. The number of nitrogens with zero attached hydrogens (tertiary/aromatic N) is 1. The van der Waals surface area contributed by atoms with E-state index < -0.39 is 0 Å². The standard InChI is InChI=1S/C24H31N3O3/c1-18(28)26-22(19-8-4-3-5-9-19)16-24(29)25-17-23(27-14-6-7-15-27)20-10-12-21(30-2)13-11-20/h3-5,8-13,22-23H,6-7,14-17H2,1-2H3,(H,25,29)(H,26,28)/t22-,23-/m0/s1. The van der Waals surface area contributed by atoms with Crippen LogP contribution < -0.4 is 15.4 Å². The minimum atomic E-state index is -0.338. The molecule has 0 aromatic heterocycles. The van der Waals surface area contributed by atoms with E-state index in [1.807, 2.05) is 42.5 Å². The van der Waals surface area contributed by atoms with Crippen LogP contribution in [0.5, 0.6) is 5.75 Å². The zero-order valence-electron chi connectivity index (χ0n) is 17.8. The first-order valence-electron chi connectivity index (χ1n) is 10.5. The van der Waals surface area contributed by atoms with Gasteiger partial charge in [0.2, 0.25) is 11.8 Å². The average molecular weight is 410 g/mol. The van der Waals surface area contributed by atoms with Crippen LogP contribution in [-0.2, 0) is 9.59 Å². The van der Waals surface area contributed by atoms with Crippen molar-refractivity contribution in [3.05, 3.63) is 65.7 Å². The van der Waals surface area contributed by atoms with E-state index in [1.54, 1.807) is 7.11 Å². The Balaban J connectivity index is 1.66. The maximum Gasteiger partial charge on any atom is 0.222 e. The van der Waals surface area contributed by atoms with E-state index in [4.69, 9.17) is 4.74 Å². The molecule has 0 spiro atoms. The van der Waals surface area contributed by atoms with Crippen molar-refractivity contribution >= 4 is 11.8 Å². The minimum absolute atomic E-state index is 0.0738. The molecule has 6 heteroatoms. The van der Waals surface area contributed by atoms with Crippen LogP contribution in [0.3, 0.4) is 0 Å². The monoisotopic (exact) mass is 409 g/mol. The van der Waals surface area contributed by atoms with Crippen LogP contribution in [0.4, 0.5) is 0 Å². The van der Waals surface area contributed by atoms with Crippen molar-refractivity contribution in [2.75, 3.05) is 26.7 Å².